The fraction of sp³-hybridized carbons (Fsp3) is 0.211. The number of nitrogens with one attached hydrogen (secondary N) is 1. The molecule has 1 N–H and O–H groups in total. The standard InChI is InChI=1S/C19H20FN3O4S/c1-23-9-8-21-19(23)18(13-10-14(26-2)12-15(11-13)27-3)22-28(24,25)17-7-5-4-6-16(17)20/h4-12,18,22H,1-3H3. The molecule has 0 fully saturated rings. The Bertz CT molecular complexity index is 1060. The minimum atomic E-state index is -4.18. The van der Waals surface area contributed by atoms with Gasteiger partial charge in [0.15, 0.2) is 0 Å². The van der Waals surface area contributed by atoms with Gasteiger partial charge in [-0.05, 0) is 29.8 Å². The number of nitrogens with zero attached hydrogens (tertiary/aromatic N) is 2. The van der Waals surface area contributed by atoms with Crippen LogP contribution in [0.15, 0.2) is 59.8 Å². The summed E-state index contributed by atoms with van der Waals surface area (Å²) >= 11 is 0. The van der Waals surface area contributed by atoms with Gasteiger partial charge >= 0.3 is 0 Å². The van der Waals surface area contributed by atoms with Crippen molar-refractivity contribution in [3.8, 4) is 11.5 Å². The number of aryl methyl sites for hydroxylation is 1. The summed E-state index contributed by atoms with van der Waals surface area (Å²) in [5.41, 5.74) is 0.533. The summed E-state index contributed by atoms with van der Waals surface area (Å²) < 4.78 is 54.7. The smallest absolute Gasteiger partial charge is 0.244 e. The molecule has 1 unspecified atom stereocenters. The summed E-state index contributed by atoms with van der Waals surface area (Å²) in [4.78, 5) is 3.82. The van der Waals surface area contributed by atoms with Gasteiger partial charge in [0.2, 0.25) is 10.0 Å². The Kier molecular flexibility index (Phi) is 5.66. The molecule has 3 rings (SSSR count). The van der Waals surface area contributed by atoms with Crippen molar-refractivity contribution in [2.75, 3.05) is 14.2 Å². The number of halogens is 1. The third-order valence-corrected chi connectivity index (χ3v) is 5.68. The molecule has 2 aromatic carbocycles. The Hall–Kier alpha value is -2.91. The molecule has 0 radical (unpaired) electrons. The van der Waals surface area contributed by atoms with Crippen LogP contribution in [0.25, 0.3) is 0 Å². The van der Waals surface area contributed by atoms with E-state index >= 15 is 0 Å². The van der Waals surface area contributed by atoms with E-state index in [9.17, 15) is 12.8 Å². The van der Waals surface area contributed by atoms with Gasteiger partial charge in [-0.2, -0.15) is 4.72 Å². The van der Waals surface area contributed by atoms with Crippen LogP contribution in [0.3, 0.4) is 0 Å². The maximum atomic E-state index is 14.1. The zero-order valence-corrected chi connectivity index (χ0v) is 16.4. The molecule has 9 heteroatoms. The summed E-state index contributed by atoms with van der Waals surface area (Å²) in [5, 5.41) is 0. The monoisotopic (exact) mass is 405 g/mol. The molecule has 0 saturated carbocycles. The number of sulfonamides is 1. The molecule has 0 spiro atoms. The number of imidazole rings is 1. The average Bonchev–Trinajstić information content (AvgIpc) is 3.11. The molecular formula is C19H20FN3O4S. The van der Waals surface area contributed by atoms with E-state index in [4.69, 9.17) is 9.47 Å². The van der Waals surface area contributed by atoms with E-state index in [2.05, 4.69) is 9.71 Å². The van der Waals surface area contributed by atoms with Gasteiger partial charge in [-0.15, -0.1) is 0 Å². The maximum absolute atomic E-state index is 14.1. The SMILES string of the molecule is COc1cc(OC)cc(C(NS(=O)(=O)c2ccccc2F)c2nccn2C)c1. The Balaban J connectivity index is 2.12. The number of methoxy groups -OCH3 is 2. The highest BCUT2D eigenvalue weighted by molar-refractivity contribution is 7.89. The molecule has 0 amide bonds. The van der Waals surface area contributed by atoms with Crippen molar-refractivity contribution < 1.29 is 22.3 Å². The van der Waals surface area contributed by atoms with Crippen molar-refractivity contribution >= 4 is 10.0 Å². The Morgan fingerprint density at radius 2 is 1.75 bits per heavy atom. The minimum absolute atomic E-state index is 0.426. The van der Waals surface area contributed by atoms with E-state index in [1.165, 1.54) is 32.4 Å². The lowest BCUT2D eigenvalue weighted by atomic mass is 10.1. The molecule has 0 aliphatic rings. The van der Waals surface area contributed by atoms with Crippen molar-refractivity contribution in [2.24, 2.45) is 7.05 Å². The first-order valence-electron chi connectivity index (χ1n) is 8.32. The van der Waals surface area contributed by atoms with Crippen LogP contribution >= 0.6 is 0 Å². The molecule has 0 aliphatic heterocycles. The van der Waals surface area contributed by atoms with Crippen molar-refractivity contribution in [3.05, 3.63) is 72.1 Å². The molecule has 1 atom stereocenters. The van der Waals surface area contributed by atoms with E-state index in [1.54, 1.807) is 42.2 Å². The summed E-state index contributed by atoms with van der Waals surface area (Å²) in [6.07, 6.45) is 3.24. The van der Waals surface area contributed by atoms with Crippen LogP contribution in [0.5, 0.6) is 11.5 Å². The second kappa shape index (κ2) is 7.99. The molecule has 3 aromatic rings. The number of hydrogen-bond donors (Lipinski definition) is 1. The Labute approximate surface area is 162 Å². The highest BCUT2D eigenvalue weighted by atomic mass is 32.2. The first-order chi connectivity index (χ1) is 13.4. The van der Waals surface area contributed by atoms with Crippen LogP contribution in [0, 0.1) is 5.82 Å². The largest absolute Gasteiger partial charge is 0.497 e. The number of aromatic nitrogens is 2. The van der Waals surface area contributed by atoms with Crippen LogP contribution < -0.4 is 14.2 Å². The van der Waals surface area contributed by atoms with Crippen molar-refractivity contribution in [2.45, 2.75) is 10.9 Å². The van der Waals surface area contributed by atoms with E-state index in [0.717, 1.165) is 6.07 Å². The molecule has 1 aromatic heterocycles. The zero-order valence-electron chi connectivity index (χ0n) is 15.6. The Morgan fingerprint density at radius 1 is 1.11 bits per heavy atom. The predicted molar refractivity (Wildman–Crippen MR) is 101 cm³/mol. The molecule has 148 valence electrons. The number of benzene rings is 2. The third-order valence-electron chi connectivity index (χ3n) is 4.22. The van der Waals surface area contributed by atoms with Crippen LogP contribution in [-0.2, 0) is 17.1 Å². The minimum Gasteiger partial charge on any atom is -0.497 e. The molecule has 0 bridgehead atoms. The van der Waals surface area contributed by atoms with Crippen LogP contribution in [0.4, 0.5) is 4.39 Å². The lowest BCUT2D eigenvalue weighted by Gasteiger charge is -2.20. The summed E-state index contributed by atoms with van der Waals surface area (Å²) in [6.45, 7) is 0. The van der Waals surface area contributed by atoms with Gasteiger partial charge in [-0.25, -0.2) is 17.8 Å². The van der Waals surface area contributed by atoms with E-state index in [0.29, 0.717) is 22.9 Å². The average molecular weight is 405 g/mol. The summed E-state index contributed by atoms with van der Waals surface area (Å²) in [6, 6.07) is 9.31. The lowest BCUT2D eigenvalue weighted by Crippen LogP contribution is -2.31. The molecule has 7 nitrogen and oxygen atoms in total. The predicted octanol–water partition coefficient (Wildman–Crippen LogP) is 2.64. The molecule has 0 saturated heterocycles. The van der Waals surface area contributed by atoms with Gasteiger partial charge < -0.3 is 14.0 Å². The number of hydrogen-bond acceptors (Lipinski definition) is 5. The van der Waals surface area contributed by atoms with Crippen molar-refractivity contribution in [1.82, 2.24) is 14.3 Å². The van der Waals surface area contributed by atoms with Gasteiger partial charge in [0.05, 0.1) is 14.2 Å². The van der Waals surface area contributed by atoms with Crippen LogP contribution in [-0.4, -0.2) is 32.2 Å². The second-order valence-electron chi connectivity index (χ2n) is 6.03. The van der Waals surface area contributed by atoms with Crippen molar-refractivity contribution in [1.29, 1.82) is 0 Å². The fourth-order valence-corrected chi connectivity index (χ4v) is 4.06. The van der Waals surface area contributed by atoms with E-state index < -0.39 is 26.8 Å². The van der Waals surface area contributed by atoms with Crippen LogP contribution in [0.1, 0.15) is 17.4 Å². The zero-order chi connectivity index (χ0) is 20.3. The van der Waals surface area contributed by atoms with Crippen LogP contribution in [0.2, 0.25) is 0 Å². The van der Waals surface area contributed by atoms with E-state index in [-0.39, 0.29) is 0 Å². The van der Waals surface area contributed by atoms with E-state index in [1.807, 2.05) is 0 Å². The van der Waals surface area contributed by atoms with Gasteiger partial charge in [-0.1, -0.05) is 12.1 Å². The molecule has 0 aliphatic carbocycles. The Morgan fingerprint density at radius 3 is 2.29 bits per heavy atom. The fourth-order valence-electron chi connectivity index (χ4n) is 2.80. The topological polar surface area (TPSA) is 82.4 Å². The quantitative estimate of drug-likeness (QED) is 0.654. The maximum Gasteiger partial charge on any atom is 0.244 e. The highest BCUT2D eigenvalue weighted by Gasteiger charge is 2.28. The molecule has 28 heavy (non-hydrogen) atoms. The van der Waals surface area contributed by atoms with Gasteiger partial charge in [0, 0.05) is 25.5 Å². The summed E-state index contributed by atoms with van der Waals surface area (Å²) in [5.74, 6) is 0.560. The lowest BCUT2D eigenvalue weighted by molar-refractivity contribution is 0.392. The highest BCUT2D eigenvalue weighted by Crippen LogP contribution is 2.30. The normalized spacial score (nSPS) is 12.6. The first kappa shape index (κ1) is 19.8. The van der Waals surface area contributed by atoms with Gasteiger partial charge in [-0.3, -0.25) is 0 Å². The first-order valence-corrected chi connectivity index (χ1v) is 9.81. The van der Waals surface area contributed by atoms with Gasteiger partial charge in [0.25, 0.3) is 0 Å². The second-order valence-corrected chi connectivity index (χ2v) is 7.71. The van der Waals surface area contributed by atoms with Gasteiger partial charge in [0.1, 0.15) is 34.1 Å². The number of rotatable bonds is 7. The number of ether oxygens (including phenoxy) is 2. The molecule has 1 heterocycles. The van der Waals surface area contributed by atoms with Crippen molar-refractivity contribution in [3.63, 3.8) is 0 Å². The third kappa shape index (κ3) is 4.00. The summed E-state index contributed by atoms with van der Waals surface area (Å²) in [7, 11) is 0.556. The molecular weight excluding hydrogens is 385 g/mol.